The molecule has 1 fully saturated rings. The monoisotopic (exact) mass is 388 g/mol. The first-order chi connectivity index (χ1) is 12.9. The zero-order valence-electron chi connectivity index (χ0n) is 15.2. The molecule has 2 aromatic rings. The van der Waals surface area contributed by atoms with Crippen molar-refractivity contribution in [2.75, 3.05) is 12.8 Å². The number of hydrogen-bond acceptors (Lipinski definition) is 5. The van der Waals surface area contributed by atoms with Crippen molar-refractivity contribution in [1.82, 2.24) is 5.32 Å². The predicted molar refractivity (Wildman–Crippen MR) is 103 cm³/mol. The van der Waals surface area contributed by atoms with Gasteiger partial charge in [-0.2, -0.15) is 0 Å². The van der Waals surface area contributed by atoms with Crippen LogP contribution in [0.15, 0.2) is 59.5 Å². The number of nitrogens with two attached hydrogens (primary N) is 1. The van der Waals surface area contributed by atoms with Crippen molar-refractivity contribution in [3.63, 3.8) is 0 Å². The molecule has 0 saturated carbocycles. The second kappa shape index (κ2) is 8.21. The van der Waals surface area contributed by atoms with Crippen molar-refractivity contribution in [3.8, 4) is 0 Å². The van der Waals surface area contributed by atoms with Gasteiger partial charge in [-0.05, 0) is 36.1 Å². The Kier molecular flexibility index (Phi) is 5.94. The normalized spacial score (nSPS) is 21.0. The highest BCUT2D eigenvalue weighted by atomic mass is 32.2. The first-order valence-electron chi connectivity index (χ1n) is 8.89. The van der Waals surface area contributed by atoms with Gasteiger partial charge in [-0.15, -0.1) is 0 Å². The van der Waals surface area contributed by atoms with Crippen LogP contribution in [0.2, 0.25) is 0 Å². The number of rotatable bonds is 6. The first kappa shape index (κ1) is 19.5. The van der Waals surface area contributed by atoms with Crippen molar-refractivity contribution < 1.29 is 17.9 Å². The van der Waals surface area contributed by atoms with Crippen LogP contribution in [0.25, 0.3) is 0 Å². The Labute approximate surface area is 159 Å². The van der Waals surface area contributed by atoms with E-state index in [1.165, 1.54) is 6.26 Å². The van der Waals surface area contributed by atoms with Gasteiger partial charge in [0, 0.05) is 12.8 Å². The molecule has 1 aliphatic heterocycles. The summed E-state index contributed by atoms with van der Waals surface area (Å²) in [6.07, 6.45) is 1.92. The SMILES string of the molecule is CS(=O)(=O)c1cccc(C(NC(=O)[C@@H]2CC[C@H](CN)O2)c2ccccc2)c1. The minimum Gasteiger partial charge on any atom is -0.364 e. The number of hydrogen-bond donors (Lipinski definition) is 2. The van der Waals surface area contributed by atoms with Gasteiger partial charge in [0.25, 0.3) is 0 Å². The Morgan fingerprint density at radius 3 is 2.48 bits per heavy atom. The van der Waals surface area contributed by atoms with E-state index >= 15 is 0 Å². The number of benzene rings is 2. The Hall–Kier alpha value is -2.22. The topological polar surface area (TPSA) is 98.5 Å². The predicted octanol–water partition coefficient (Wildman–Crippen LogP) is 1.80. The van der Waals surface area contributed by atoms with Gasteiger partial charge in [-0.1, -0.05) is 42.5 Å². The van der Waals surface area contributed by atoms with Gasteiger partial charge < -0.3 is 15.8 Å². The van der Waals surface area contributed by atoms with E-state index in [0.717, 1.165) is 12.0 Å². The third kappa shape index (κ3) is 4.74. The fourth-order valence-electron chi connectivity index (χ4n) is 3.24. The van der Waals surface area contributed by atoms with Gasteiger partial charge in [0.05, 0.1) is 17.0 Å². The van der Waals surface area contributed by atoms with E-state index in [1.54, 1.807) is 18.2 Å². The maximum Gasteiger partial charge on any atom is 0.249 e. The number of carbonyl (C=O) groups excluding carboxylic acids is 1. The van der Waals surface area contributed by atoms with Crippen LogP contribution in [0.5, 0.6) is 0 Å². The van der Waals surface area contributed by atoms with E-state index in [-0.39, 0.29) is 16.9 Å². The summed E-state index contributed by atoms with van der Waals surface area (Å²) < 4.78 is 29.5. The Morgan fingerprint density at radius 2 is 1.85 bits per heavy atom. The van der Waals surface area contributed by atoms with Gasteiger partial charge in [0.15, 0.2) is 9.84 Å². The molecule has 0 spiro atoms. The summed E-state index contributed by atoms with van der Waals surface area (Å²) >= 11 is 0. The third-order valence-corrected chi connectivity index (χ3v) is 5.81. The van der Waals surface area contributed by atoms with Crippen LogP contribution in [0.4, 0.5) is 0 Å². The third-order valence-electron chi connectivity index (χ3n) is 4.70. The molecule has 2 aromatic carbocycles. The highest BCUT2D eigenvalue weighted by molar-refractivity contribution is 7.90. The van der Waals surface area contributed by atoms with Crippen LogP contribution in [-0.4, -0.2) is 39.3 Å². The van der Waals surface area contributed by atoms with Crippen LogP contribution in [-0.2, 0) is 19.4 Å². The van der Waals surface area contributed by atoms with E-state index in [9.17, 15) is 13.2 Å². The largest absolute Gasteiger partial charge is 0.364 e. The van der Waals surface area contributed by atoms with Crippen LogP contribution in [0, 0.1) is 0 Å². The molecule has 0 bridgehead atoms. The molecule has 3 atom stereocenters. The van der Waals surface area contributed by atoms with Crippen molar-refractivity contribution in [2.24, 2.45) is 5.73 Å². The molecular formula is C20H24N2O4S. The average molecular weight is 388 g/mol. The van der Waals surface area contributed by atoms with Gasteiger partial charge in [-0.3, -0.25) is 4.79 Å². The molecule has 3 rings (SSSR count). The van der Waals surface area contributed by atoms with E-state index in [1.807, 2.05) is 36.4 Å². The van der Waals surface area contributed by atoms with Gasteiger partial charge in [-0.25, -0.2) is 8.42 Å². The molecule has 0 radical (unpaired) electrons. The second-order valence-electron chi connectivity index (χ2n) is 6.76. The van der Waals surface area contributed by atoms with E-state index in [4.69, 9.17) is 10.5 Å². The van der Waals surface area contributed by atoms with Crippen LogP contribution in [0.1, 0.15) is 30.0 Å². The summed E-state index contributed by atoms with van der Waals surface area (Å²) in [5.74, 6) is -0.218. The molecule has 7 heteroatoms. The van der Waals surface area contributed by atoms with Gasteiger partial charge >= 0.3 is 0 Å². The van der Waals surface area contributed by atoms with E-state index in [2.05, 4.69) is 5.32 Å². The Morgan fingerprint density at radius 1 is 1.15 bits per heavy atom. The molecule has 1 amide bonds. The molecule has 1 unspecified atom stereocenters. The molecule has 1 heterocycles. The highest BCUT2D eigenvalue weighted by Gasteiger charge is 2.31. The molecular weight excluding hydrogens is 364 g/mol. The zero-order valence-corrected chi connectivity index (χ0v) is 16.0. The number of nitrogens with one attached hydrogen (secondary N) is 1. The quantitative estimate of drug-likeness (QED) is 0.786. The molecule has 27 heavy (non-hydrogen) atoms. The maximum absolute atomic E-state index is 12.8. The smallest absolute Gasteiger partial charge is 0.249 e. The van der Waals surface area contributed by atoms with Crippen LogP contribution in [0.3, 0.4) is 0 Å². The summed E-state index contributed by atoms with van der Waals surface area (Å²) in [6, 6.07) is 15.6. The fraction of sp³-hybridized carbons (Fsp3) is 0.350. The number of amides is 1. The lowest BCUT2D eigenvalue weighted by molar-refractivity contribution is -0.132. The lowest BCUT2D eigenvalue weighted by atomic mass is 9.98. The number of sulfone groups is 1. The van der Waals surface area contributed by atoms with E-state index in [0.29, 0.717) is 18.5 Å². The Bertz CT molecular complexity index is 899. The van der Waals surface area contributed by atoms with Crippen LogP contribution >= 0.6 is 0 Å². The summed E-state index contributed by atoms with van der Waals surface area (Å²) in [6.45, 7) is 0.391. The van der Waals surface area contributed by atoms with Gasteiger partial charge in [0.1, 0.15) is 6.10 Å². The summed E-state index contributed by atoms with van der Waals surface area (Å²) in [7, 11) is -3.35. The molecule has 0 aromatic heterocycles. The summed E-state index contributed by atoms with van der Waals surface area (Å²) in [5, 5.41) is 3.02. The summed E-state index contributed by atoms with van der Waals surface area (Å²) in [4.78, 5) is 13.0. The number of carbonyl (C=O) groups is 1. The molecule has 1 aliphatic rings. The van der Waals surface area contributed by atoms with Crippen molar-refractivity contribution in [3.05, 3.63) is 65.7 Å². The molecule has 144 valence electrons. The molecule has 1 saturated heterocycles. The van der Waals surface area contributed by atoms with E-state index < -0.39 is 22.0 Å². The lowest BCUT2D eigenvalue weighted by Crippen LogP contribution is -2.38. The minimum atomic E-state index is -3.35. The average Bonchev–Trinajstić information content (AvgIpc) is 3.15. The maximum atomic E-state index is 12.8. The zero-order chi connectivity index (χ0) is 19.4. The van der Waals surface area contributed by atoms with Crippen molar-refractivity contribution >= 4 is 15.7 Å². The fourth-order valence-corrected chi connectivity index (χ4v) is 3.91. The minimum absolute atomic E-state index is 0.0931. The van der Waals surface area contributed by atoms with Crippen LogP contribution < -0.4 is 11.1 Å². The molecule has 6 nitrogen and oxygen atoms in total. The lowest BCUT2D eigenvalue weighted by Gasteiger charge is -2.22. The second-order valence-corrected chi connectivity index (χ2v) is 8.77. The number of ether oxygens (including phenoxy) is 1. The highest BCUT2D eigenvalue weighted by Crippen LogP contribution is 2.26. The van der Waals surface area contributed by atoms with Gasteiger partial charge in [0.2, 0.25) is 5.91 Å². The standard InChI is InChI=1S/C20H24N2O4S/c1-27(24,25)17-9-5-8-15(12-17)19(14-6-3-2-4-7-14)22-20(23)18-11-10-16(13-21)26-18/h2-9,12,16,18-19H,10-11,13,21H2,1H3,(H,22,23)/t16-,18+,19?/m1/s1. The molecule has 3 N–H and O–H groups in total. The molecule has 0 aliphatic carbocycles. The van der Waals surface area contributed by atoms with Crippen molar-refractivity contribution in [1.29, 1.82) is 0 Å². The Balaban J connectivity index is 1.90. The first-order valence-corrected chi connectivity index (χ1v) is 10.8. The van der Waals surface area contributed by atoms with Crippen molar-refractivity contribution in [2.45, 2.75) is 36.0 Å². The summed E-state index contributed by atoms with van der Waals surface area (Å²) in [5.41, 5.74) is 7.19.